The summed E-state index contributed by atoms with van der Waals surface area (Å²) in [4.78, 5) is 3.92. The van der Waals surface area contributed by atoms with Crippen molar-refractivity contribution in [2.24, 2.45) is 7.05 Å². The van der Waals surface area contributed by atoms with E-state index in [1.165, 1.54) is 12.5 Å². The third kappa shape index (κ3) is 4.54. The predicted molar refractivity (Wildman–Crippen MR) is 99.7 cm³/mol. The van der Waals surface area contributed by atoms with Crippen molar-refractivity contribution in [2.75, 3.05) is 14.2 Å². The van der Waals surface area contributed by atoms with Gasteiger partial charge in [0.25, 0.3) is 10.0 Å². The summed E-state index contributed by atoms with van der Waals surface area (Å²) in [5, 5.41) is 0.0458. The maximum atomic E-state index is 12.4. The fourth-order valence-corrected chi connectivity index (χ4v) is 4.52. The minimum Gasteiger partial charge on any atom is -0.493 e. The van der Waals surface area contributed by atoms with Crippen LogP contribution < -0.4 is 18.9 Å². The molecule has 1 aliphatic carbocycles. The van der Waals surface area contributed by atoms with E-state index in [9.17, 15) is 8.42 Å². The number of methoxy groups -OCH3 is 2. The Hall–Kier alpha value is -2.26. The van der Waals surface area contributed by atoms with Crippen LogP contribution in [0.15, 0.2) is 35.7 Å². The van der Waals surface area contributed by atoms with Gasteiger partial charge in [0.15, 0.2) is 16.5 Å². The quantitative estimate of drug-likeness (QED) is 0.772. The van der Waals surface area contributed by atoms with Crippen LogP contribution in [-0.2, 0) is 17.1 Å². The fourth-order valence-electron chi connectivity index (χ4n) is 3.24. The van der Waals surface area contributed by atoms with Crippen LogP contribution in [0.5, 0.6) is 17.2 Å². The molecule has 1 saturated carbocycles. The van der Waals surface area contributed by atoms with Crippen LogP contribution in [0.2, 0.25) is 0 Å². The number of sulfonamides is 1. The van der Waals surface area contributed by atoms with Gasteiger partial charge in [-0.05, 0) is 37.8 Å². The Morgan fingerprint density at radius 3 is 2.41 bits per heavy atom. The lowest BCUT2D eigenvalue weighted by atomic mass is 9.93. The molecule has 0 unspecified atom stereocenters. The number of rotatable bonds is 7. The number of imidazole rings is 1. The van der Waals surface area contributed by atoms with Crippen molar-refractivity contribution in [1.82, 2.24) is 14.3 Å². The molecule has 1 fully saturated rings. The van der Waals surface area contributed by atoms with Gasteiger partial charge >= 0.3 is 0 Å². The van der Waals surface area contributed by atoms with Gasteiger partial charge in [-0.3, -0.25) is 0 Å². The van der Waals surface area contributed by atoms with E-state index >= 15 is 0 Å². The van der Waals surface area contributed by atoms with Gasteiger partial charge in [-0.2, -0.15) is 0 Å². The molecule has 0 aliphatic heterocycles. The molecule has 27 heavy (non-hydrogen) atoms. The van der Waals surface area contributed by atoms with Crippen LogP contribution in [0.3, 0.4) is 0 Å². The van der Waals surface area contributed by atoms with Crippen LogP contribution in [0, 0.1) is 0 Å². The minimum atomic E-state index is -3.59. The van der Waals surface area contributed by atoms with Crippen LogP contribution in [0.4, 0.5) is 0 Å². The molecule has 1 heterocycles. The van der Waals surface area contributed by atoms with Crippen LogP contribution in [0.25, 0.3) is 0 Å². The Bertz CT molecular complexity index is 873. The molecule has 1 aromatic carbocycles. The Balaban J connectivity index is 1.58. The molecule has 1 aliphatic rings. The van der Waals surface area contributed by atoms with Crippen molar-refractivity contribution in [2.45, 2.75) is 42.9 Å². The van der Waals surface area contributed by atoms with Gasteiger partial charge in [-0.25, -0.2) is 18.1 Å². The largest absolute Gasteiger partial charge is 0.493 e. The van der Waals surface area contributed by atoms with Gasteiger partial charge in [-0.15, -0.1) is 0 Å². The highest BCUT2D eigenvalue weighted by molar-refractivity contribution is 7.89. The van der Waals surface area contributed by atoms with Crippen molar-refractivity contribution in [3.05, 3.63) is 30.7 Å². The van der Waals surface area contributed by atoms with E-state index in [2.05, 4.69) is 9.71 Å². The van der Waals surface area contributed by atoms with Gasteiger partial charge in [0.05, 0.1) is 26.7 Å². The van der Waals surface area contributed by atoms with Crippen molar-refractivity contribution in [3.8, 4) is 17.2 Å². The Morgan fingerprint density at radius 1 is 1.11 bits per heavy atom. The minimum absolute atomic E-state index is 0.00149. The fraction of sp³-hybridized carbons (Fsp3) is 0.500. The maximum Gasteiger partial charge on any atom is 0.259 e. The molecule has 0 radical (unpaired) electrons. The van der Waals surface area contributed by atoms with Gasteiger partial charge < -0.3 is 18.8 Å². The normalized spacial score (nSPS) is 20.3. The number of hydrogen-bond acceptors (Lipinski definition) is 6. The number of para-hydroxylation sites is 1. The molecule has 1 aromatic heterocycles. The molecule has 3 rings (SSSR count). The molecule has 2 aromatic rings. The SMILES string of the molecule is COc1cccc(OC2CCC(NS(=O)(=O)c3cn(C)cn3)CC2)c1OC. The lowest BCUT2D eigenvalue weighted by molar-refractivity contribution is 0.138. The number of hydrogen-bond donors (Lipinski definition) is 1. The third-order valence-electron chi connectivity index (χ3n) is 4.61. The van der Waals surface area contributed by atoms with Gasteiger partial charge in [0, 0.05) is 19.3 Å². The van der Waals surface area contributed by atoms with E-state index in [0.717, 1.165) is 12.8 Å². The zero-order valence-corrected chi connectivity index (χ0v) is 16.5. The molecule has 0 spiro atoms. The Labute approximate surface area is 159 Å². The van der Waals surface area contributed by atoms with Gasteiger partial charge in [0.1, 0.15) is 0 Å². The van der Waals surface area contributed by atoms with Crippen LogP contribution >= 0.6 is 0 Å². The van der Waals surface area contributed by atoms with Crippen LogP contribution in [0.1, 0.15) is 25.7 Å². The molecule has 9 heteroatoms. The molecule has 8 nitrogen and oxygen atoms in total. The zero-order chi connectivity index (χ0) is 19.4. The second-order valence-corrected chi connectivity index (χ2v) is 8.24. The average Bonchev–Trinajstić information content (AvgIpc) is 3.10. The standard InChI is InChI=1S/C18H25N3O5S/c1-21-11-17(19-12-21)27(22,23)20-13-7-9-14(10-8-13)26-16-6-4-5-15(24-2)18(16)25-3/h4-6,11-14,20H,7-10H2,1-3H3. The summed E-state index contributed by atoms with van der Waals surface area (Å²) in [6.45, 7) is 0. The maximum absolute atomic E-state index is 12.4. The summed E-state index contributed by atoms with van der Waals surface area (Å²) < 4.78 is 45.9. The lowest BCUT2D eigenvalue weighted by Gasteiger charge is -2.29. The Kier molecular flexibility index (Phi) is 5.91. The van der Waals surface area contributed by atoms with Gasteiger partial charge in [-0.1, -0.05) is 6.07 Å². The van der Waals surface area contributed by atoms with Crippen LogP contribution in [-0.4, -0.2) is 44.3 Å². The highest BCUT2D eigenvalue weighted by Gasteiger charge is 2.28. The molecule has 0 bridgehead atoms. The number of aromatic nitrogens is 2. The van der Waals surface area contributed by atoms with E-state index in [4.69, 9.17) is 14.2 Å². The average molecular weight is 395 g/mol. The van der Waals surface area contributed by atoms with E-state index in [-0.39, 0.29) is 17.2 Å². The summed E-state index contributed by atoms with van der Waals surface area (Å²) in [5.74, 6) is 1.82. The highest BCUT2D eigenvalue weighted by Crippen LogP contribution is 2.38. The van der Waals surface area contributed by atoms with Crippen molar-refractivity contribution in [3.63, 3.8) is 0 Å². The second-order valence-electron chi connectivity index (χ2n) is 6.58. The lowest BCUT2D eigenvalue weighted by Crippen LogP contribution is -2.39. The van der Waals surface area contributed by atoms with E-state index in [0.29, 0.717) is 30.1 Å². The van der Waals surface area contributed by atoms with E-state index in [1.54, 1.807) is 25.8 Å². The first kappa shape index (κ1) is 19.5. The monoisotopic (exact) mass is 395 g/mol. The number of benzene rings is 1. The molecule has 0 amide bonds. The number of ether oxygens (including phenoxy) is 3. The van der Waals surface area contributed by atoms with Gasteiger partial charge in [0.2, 0.25) is 5.75 Å². The van der Waals surface area contributed by atoms with E-state index < -0.39 is 10.0 Å². The molecule has 148 valence electrons. The molecular weight excluding hydrogens is 370 g/mol. The smallest absolute Gasteiger partial charge is 0.259 e. The summed E-state index contributed by atoms with van der Waals surface area (Å²) in [5.41, 5.74) is 0. The van der Waals surface area contributed by atoms with Crippen molar-refractivity contribution >= 4 is 10.0 Å². The third-order valence-corrected chi connectivity index (χ3v) is 6.02. The first-order chi connectivity index (χ1) is 12.9. The summed E-state index contributed by atoms with van der Waals surface area (Å²) in [6, 6.07) is 5.39. The Morgan fingerprint density at radius 2 is 1.81 bits per heavy atom. The molecule has 0 atom stereocenters. The first-order valence-corrected chi connectivity index (χ1v) is 10.3. The first-order valence-electron chi connectivity index (χ1n) is 8.81. The predicted octanol–water partition coefficient (Wildman–Crippen LogP) is 2.11. The number of aryl methyl sites for hydroxylation is 1. The van der Waals surface area contributed by atoms with Crippen molar-refractivity contribution < 1.29 is 22.6 Å². The summed E-state index contributed by atoms with van der Waals surface area (Å²) >= 11 is 0. The molecular formula is C18H25N3O5S. The highest BCUT2D eigenvalue weighted by atomic mass is 32.2. The molecule has 1 N–H and O–H groups in total. The number of nitrogens with zero attached hydrogens (tertiary/aromatic N) is 2. The summed E-state index contributed by atoms with van der Waals surface area (Å²) in [6.07, 6.45) is 5.85. The second kappa shape index (κ2) is 8.18. The zero-order valence-electron chi connectivity index (χ0n) is 15.7. The van der Waals surface area contributed by atoms with Crippen molar-refractivity contribution in [1.29, 1.82) is 0 Å². The van der Waals surface area contributed by atoms with E-state index in [1.807, 2.05) is 18.2 Å². The number of nitrogens with one attached hydrogen (secondary N) is 1. The topological polar surface area (TPSA) is 91.7 Å². The summed E-state index contributed by atoms with van der Waals surface area (Å²) in [7, 11) is 1.30. The molecule has 0 saturated heterocycles.